The van der Waals surface area contributed by atoms with E-state index in [-0.39, 0.29) is 5.41 Å². The highest BCUT2D eigenvalue weighted by atomic mass is 14.5. The van der Waals surface area contributed by atoms with Crippen LogP contribution in [0.3, 0.4) is 0 Å². The molecule has 0 aromatic heterocycles. The summed E-state index contributed by atoms with van der Waals surface area (Å²) in [6.45, 7) is 10.2. The molecule has 1 rings (SSSR count). The van der Waals surface area contributed by atoms with Gasteiger partial charge in [0.2, 0.25) is 0 Å². The average Bonchev–Trinajstić information content (AvgIpc) is 1.83. The van der Waals surface area contributed by atoms with E-state index in [0.717, 1.165) is 11.3 Å². The molecule has 0 bridgehead atoms. The second-order valence-corrected chi connectivity index (χ2v) is 4.45. The molecule has 0 aromatic rings. The van der Waals surface area contributed by atoms with E-state index in [9.17, 15) is 0 Å². The van der Waals surface area contributed by atoms with Crippen molar-refractivity contribution in [2.45, 2.75) is 40.0 Å². The summed E-state index contributed by atoms with van der Waals surface area (Å²) in [6.07, 6.45) is 3.74. The van der Waals surface area contributed by atoms with Crippen LogP contribution in [0.25, 0.3) is 0 Å². The van der Waals surface area contributed by atoms with E-state index >= 15 is 0 Å². The third-order valence-electron chi connectivity index (χ3n) is 3.25. The van der Waals surface area contributed by atoms with Crippen LogP contribution >= 0.6 is 0 Å². The molecule has 0 spiro atoms. The molecular formula is C11H19N. The van der Waals surface area contributed by atoms with Crippen LogP contribution in [0, 0.1) is 16.7 Å². The Kier molecular flexibility index (Phi) is 2.41. The summed E-state index contributed by atoms with van der Waals surface area (Å²) in [6, 6.07) is 0. The van der Waals surface area contributed by atoms with Crippen molar-refractivity contribution in [2.24, 2.45) is 11.3 Å². The Morgan fingerprint density at radius 1 is 1.42 bits per heavy atom. The van der Waals surface area contributed by atoms with Crippen LogP contribution in [0.1, 0.15) is 40.0 Å². The molecule has 1 fully saturated rings. The van der Waals surface area contributed by atoms with Crippen LogP contribution in [0.5, 0.6) is 0 Å². The number of allylic oxidation sites excluding steroid dienone is 1. The lowest BCUT2D eigenvalue weighted by Gasteiger charge is -2.36. The van der Waals surface area contributed by atoms with Crippen LogP contribution in [-0.2, 0) is 0 Å². The van der Waals surface area contributed by atoms with Gasteiger partial charge in [0.15, 0.2) is 0 Å². The Hall–Kier alpha value is -0.590. The van der Waals surface area contributed by atoms with Crippen molar-refractivity contribution in [1.29, 1.82) is 5.41 Å². The number of nitrogens with one attached hydrogen (secondary N) is 1. The van der Waals surface area contributed by atoms with Gasteiger partial charge < -0.3 is 5.41 Å². The van der Waals surface area contributed by atoms with Gasteiger partial charge in [0.1, 0.15) is 0 Å². The molecule has 0 aromatic carbocycles. The first-order valence-corrected chi connectivity index (χ1v) is 4.71. The molecule has 1 heteroatoms. The minimum atomic E-state index is -0.0783. The molecule has 12 heavy (non-hydrogen) atoms. The molecule has 1 N–H and O–H groups in total. The smallest absolute Gasteiger partial charge is 0.0229 e. The monoisotopic (exact) mass is 165 g/mol. The number of rotatable bonds is 3. The van der Waals surface area contributed by atoms with E-state index in [4.69, 9.17) is 5.41 Å². The highest BCUT2D eigenvalue weighted by molar-refractivity contribution is 5.91. The zero-order valence-corrected chi connectivity index (χ0v) is 8.41. The summed E-state index contributed by atoms with van der Waals surface area (Å²) in [5.41, 5.74) is 1.92. The molecule has 1 nitrogen and oxygen atoms in total. The van der Waals surface area contributed by atoms with Crippen molar-refractivity contribution in [2.75, 3.05) is 0 Å². The molecule has 0 saturated heterocycles. The fourth-order valence-electron chi connectivity index (χ4n) is 1.44. The van der Waals surface area contributed by atoms with E-state index in [1.807, 2.05) is 6.92 Å². The maximum absolute atomic E-state index is 8.02. The van der Waals surface area contributed by atoms with Crippen LogP contribution in [0.2, 0.25) is 0 Å². The molecule has 1 saturated carbocycles. The molecule has 68 valence electrons. The number of hydrogen-bond acceptors (Lipinski definition) is 1. The summed E-state index contributed by atoms with van der Waals surface area (Å²) >= 11 is 0. The largest absolute Gasteiger partial charge is 0.309 e. The SMILES string of the molecule is C=C(C)C(C)(C)C(=N)C1CCC1. The predicted molar refractivity (Wildman–Crippen MR) is 53.7 cm³/mol. The minimum absolute atomic E-state index is 0.0783. The molecule has 1 aliphatic rings. The highest BCUT2D eigenvalue weighted by Crippen LogP contribution is 2.37. The van der Waals surface area contributed by atoms with Crippen molar-refractivity contribution in [3.8, 4) is 0 Å². The van der Waals surface area contributed by atoms with Gasteiger partial charge in [-0.2, -0.15) is 0 Å². The molecule has 0 atom stereocenters. The van der Waals surface area contributed by atoms with Gasteiger partial charge in [-0.1, -0.05) is 32.4 Å². The van der Waals surface area contributed by atoms with Crippen LogP contribution in [0.15, 0.2) is 12.2 Å². The van der Waals surface area contributed by atoms with Crippen LogP contribution in [0.4, 0.5) is 0 Å². The second-order valence-electron chi connectivity index (χ2n) is 4.45. The number of hydrogen-bond donors (Lipinski definition) is 1. The summed E-state index contributed by atoms with van der Waals surface area (Å²) in [5, 5.41) is 8.02. The average molecular weight is 165 g/mol. The van der Waals surface area contributed by atoms with Crippen molar-refractivity contribution < 1.29 is 0 Å². The lowest BCUT2D eigenvalue weighted by atomic mass is 9.69. The maximum Gasteiger partial charge on any atom is 0.0229 e. The van der Waals surface area contributed by atoms with E-state index in [1.165, 1.54) is 19.3 Å². The third-order valence-corrected chi connectivity index (χ3v) is 3.25. The molecule has 0 heterocycles. The molecule has 0 unspecified atom stereocenters. The van der Waals surface area contributed by atoms with Gasteiger partial charge in [-0.3, -0.25) is 0 Å². The molecule has 0 aliphatic heterocycles. The maximum atomic E-state index is 8.02. The van der Waals surface area contributed by atoms with Crippen molar-refractivity contribution >= 4 is 5.71 Å². The summed E-state index contributed by atoms with van der Waals surface area (Å²) in [7, 11) is 0. The van der Waals surface area contributed by atoms with Gasteiger partial charge >= 0.3 is 0 Å². The minimum Gasteiger partial charge on any atom is -0.309 e. The fourth-order valence-corrected chi connectivity index (χ4v) is 1.44. The van der Waals surface area contributed by atoms with Gasteiger partial charge in [0, 0.05) is 11.1 Å². The lowest BCUT2D eigenvalue weighted by molar-refractivity contribution is 0.384. The van der Waals surface area contributed by atoms with Gasteiger partial charge in [0.05, 0.1) is 0 Å². The Morgan fingerprint density at radius 3 is 2.17 bits per heavy atom. The molecule has 0 radical (unpaired) electrons. The first-order valence-electron chi connectivity index (χ1n) is 4.71. The van der Waals surface area contributed by atoms with E-state index in [1.54, 1.807) is 0 Å². The Bertz CT molecular complexity index is 209. The Labute approximate surface area is 75.4 Å². The molecular weight excluding hydrogens is 146 g/mol. The topological polar surface area (TPSA) is 23.9 Å². The highest BCUT2D eigenvalue weighted by Gasteiger charge is 2.33. The second kappa shape index (κ2) is 3.04. The van der Waals surface area contributed by atoms with Crippen molar-refractivity contribution in [1.82, 2.24) is 0 Å². The van der Waals surface area contributed by atoms with E-state index < -0.39 is 0 Å². The first kappa shape index (κ1) is 9.50. The van der Waals surface area contributed by atoms with Gasteiger partial charge in [0.25, 0.3) is 0 Å². The Morgan fingerprint density at radius 2 is 1.92 bits per heavy atom. The summed E-state index contributed by atoms with van der Waals surface area (Å²) < 4.78 is 0. The quantitative estimate of drug-likeness (QED) is 0.489. The van der Waals surface area contributed by atoms with Crippen LogP contribution in [-0.4, -0.2) is 5.71 Å². The van der Waals surface area contributed by atoms with Gasteiger partial charge in [-0.05, 0) is 25.7 Å². The van der Waals surface area contributed by atoms with Crippen LogP contribution < -0.4 is 0 Å². The predicted octanol–water partition coefficient (Wildman–Crippen LogP) is 3.41. The third kappa shape index (κ3) is 1.45. The van der Waals surface area contributed by atoms with E-state index in [0.29, 0.717) is 5.92 Å². The van der Waals surface area contributed by atoms with E-state index in [2.05, 4.69) is 20.4 Å². The van der Waals surface area contributed by atoms with Gasteiger partial charge in [-0.25, -0.2) is 0 Å². The normalized spacial score (nSPS) is 18.6. The first-order chi connectivity index (χ1) is 5.46. The Balaban J connectivity index is 2.66. The lowest BCUT2D eigenvalue weighted by Crippen LogP contribution is -2.34. The molecule has 0 amide bonds. The van der Waals surface area contributed by atoms with Crippen molar-refractivity contribution in [3.63, 3.8) is 0 Å². The van der Waals surface area contributed by atoms with Crippen molar-refractivity contribution in [3.05, 3.63) is 12.2 Å². The summed E-state index contributed by atoms with van der Waals surface area (Å²) in [5.74, 6) is 0.552. The standard InChI is InChI=1S/C11H19N/c1-8(2)11(3,4)10(12)9-6-5-7-9/h9,12H,1,5-7H2,2-4H3. The fraction of sp³-hybridized carbons (Fsp3) is 0.727. The van der Waals surface area contributed by atoms with Gasteiger partial charge in [-0.15, -0.1) is 0 Å². The zero-order chi connectivity index (χ0) is 9.35. The molecule has 1 aliphatic carbocycles. The zero-order valence-electron chi connectivity index (χ0n) is 8.41. The summed E-state index contributed by atoms with van der Waals surface area (Å²) in [4.78, 5) is 0.